The van der Waals surface area contributed by atoms with Gasteiger partial charge < -0.3 is 15.4 Å². The van der Waals surface area contributed by atoms with Crippen molar-refractivity contribution in [3.8, 4) is 0 Å². The molecule has 0 saturated heterocycles. The third kappa shape index (κ3) is 3.55. The summed E-state index contributed by atoms with van der Waals surface area (Å²) in [5.41, 5.74) is 3.33. The number of hydrogen-bond donors (Lipinski definition) is 3. The number of benzene rings is 1. The van der Waals surface area contributed by atoms with Crippen LogP contribution < -0.4 is 5.32 Å². The monoisotopic (exact) mass is 261 g/mol. The summed E-state index contributed by atoms with van der Waals surface area (Å²) in [5.74, 6) is 1.76. The van der Waals surface area contributed by atoms with E-state index >= 15 is 0 Å². The lowest BCUT2D eigenvalue weighted by molar-refractivity contribution is 0.186. The van der Waals surface area contributed by atoms with Crippen LogP contribution in [0.4, 0.5) is 0 Å². The first kappa shape index (κ1) is 14.0. The summed E-state index contributed by atoms with van der Waals surface area (Å²) < 4.78 is 0. The maximum Gasteiger partial charge on any atom is 0.104 e. The highest BCUT2D eigenvalue weighted by Crippen LogP contribution is 2.14. The summed E-state index contributed by atoms with van der Waals surface area (Å²) in [5, 5.41) is 12.7. The molecule has 0 bridgehead atoms. The van der Waals surface area contributed by atoms with Crippen molar-refractivity contribution in [3.05, 3.63) is 29.6 Å². The minimum absolute atomic E-state index is 0.240. The van der Waals surface area contributed by atoms with Crippen LogP contribution in [0.15, 0.2) is 18.2 Å². The van der Waals surface area contributed by atoms with Crippen LogP contribution in [0, 0.1) is 18.8 Å². The van der Waals surface area contributed by atoms with Gasteiger partial charge in [-0.05, 0) is 36.5 Å². The van der Waals surface area contributed by atoms with Gasteiger partial charge in [0.25, 0.3) is 0 Å². The van der Waals surface area contributed by atoms with Crippen molar-refractivity contribution in [3.63, 3.8) is 0 Å². The van der Waals surface area contributed by atoms with Crippen LogP contribution in [-0.2, 0) is 6.54 Å². The first-order valence-corrected chi connectivity index (χ1v) is 6.87. The van der Waals surface area contributed by atoms with Crippen molar-refractivity contribution in [2.45, 2.75) is 27.3 Å². The fourth-order valence-electron chi connectivity index (χ4n) is 2.21. The smallest absolute Gasteiger partial charge is 0.104 e. The minimum atomic E-state index is 0.240. The van der Waals surface area contributed by atoms with Gasteiger partial charge in [-0.25, -0.2) is 4.98 Å². The largest absolute Gasteiger partial charge is 0.396 e. The summed E-state index contributed by atoms with van der Waals surface area (Å²) in [6, 6.07) is 6.27. The van der Waals surface area contributed by atoms with Crippen LogP contribution >= 0.6 is 0 Å². The highest BCUT2D eigenvalue weighted by molar-refractivity contribution is 5.75. The zero-order chi connectivity index (χ0) is 13.8. The van der Waals surface area contributed by atoms with Gasteiger partial charge in [0.1, 0.15) is 5.82 Å². The number of H-pyrrole nitrogens is 1. The molecule has 19 heavy (non-hydrogen) atoms. The van der Waals surface area contributed by atoms with Crippen molar-refractivity contribution in [2.75, 3.05) is 13.2 Å². The van der Waals surface area contributed by atoms with E-state index in [9.17, 15) is 5.11 Å². The van der Waals surface area contributed by atoms with E-state index in [1.165, 1.54) is 5.56 Å². The molecule has 0 spiro atoms. The van der Waals surface area contributed by atoms with Gasteiger partial charge in [-0.2, -0.15) is 0 Å². The molecule has 2 aromatic rings. The zero-order valence-electron chi connectivity index (χ0n) is 11.9. The predicted molar refractivity (Wildman–Crippen MR) is 78.0 cm³/mol. The number of aliphatic hydroxyl groups is 1. The Bertz CT molecular complexity index is 533. The van der Waals surface area contributed by atoms with Gasteiger partial charge in [-0.3, -0.25) is 0 Å². The second-order valence-electron chi connectivity index (χ2n) is 5.49. The number of aromatic nitrogens is 2. The van der Waals surface area contributed by atoms with Crippen molar-refractivity contribution >= 4 is 11.0 Å². The van der Waals surface area contributed by atoms with E-state index < -0.39 is 0 Å². The number of hydrogen-bond acceptors (Lipinski definition) is 3. The molecular weight excluding hydrogens is 238 g/mol. The van der Waals surface area contributed by atoms with E-state index in [0.717, 1.165) is 29.9 Å². The summed E-state index contributed by atoms with van der Waals surface area (Å²) in [6.45, 7) is 8.14. The molecule has 4 heteroatoms. The van der Waals surface area contributed by atoms with E-state index in [2.05, 4.69) is 41.3 Å². The number of aliphatic hydroxyl groups excluding tert-OH is 1. The molecule has 1 atom stereocenters. The van der Waals surface area contributed by atoms with Crippen molar-refractivity contribution in [1.29, 1.82) is 0 Å². The van der Waals surface area contributed by atoms with Crippen LogP contribution in [-0.4, -0.2) is 28.2 Å². The van der Waals surface area contributed by atoms with Crippen LogP contribution in [0.2, 0.25) is 0 Å². The Morgan fingerprint density at radius 3 is 2.84 bits per heavy atom. The lowest BCUT2D eigenvalue weighted by Gasteiger charge is -2.18. The Balaban J connectivity index is 1.94. The molecule has 0 amide bonds. The van der Waals surface area contributed by atoms with Gasteiger partial charge >= 0.3 is 0 Å². The lowest BCUT2D eigenvalue weighted by atomic mass is 9.97. The number of imidazole rings is 1. The molecule has 0 aliphatic carbocycles. The lowest BCUT2D eigenvalue weighted by Crippen LogP contribution is -2.28. The number of aryl methyl sites for hydroxylation is 1. The van der Waals surface area contributed by atoms with E-state index in [1.807, 2.05) is 13.0 Å². The SMILES string of the molecule is Cc1nc2ccc(CNCC(CO)C(C)C)cc2[nH]1. The number of nitrogens with one attached hydrogen (secondary N) is 2. The molecule has 0 saturated carbocycles. The van der Waals surface area contributed by atoms with Gasteiger partial charge in [0.2, 0.25) is 0 Å². The van der Waals surface area contributed by atoms with E-state index in [0.29, 0.717) is 11.8 Å². The predicted octanol–water partition coefficient (Wildman–Crippen LogP) is 2.23. The molecule has 1 aromatic carbocycles. The number of aromatic amines is 1. The Labute approximate surface area is 114 Å². The quantitative estimate of drug-likeness (QED) is 0.747. The van der Waals surface area contributed by atoms with E-state index in [1.54, 1.807) is 0 Å². The third-order valence-corrected chi connectivity index (χ3v) is 3.58. The van der Waals surface area contributed by atoms with Crippen molar-refractivity contribution in [2.24, 2.45) is 11.8 Å². The summed E-state index contributed by atoms with van der Waals surface area (Å²) in [4.78, 5) is 7.64. The Morgan fingerprint density at radius 2 is 2.16 bits per heavy atom. The number of fused-ring (bicyclic) bond motifs is 1. The number of rotatable bonds is 6. The number of nitrogens with zero attached hydrogens (tertiary/aromatic N) is 1. The van der Waals surface area contributed by atoms with Gasteiger partial charge in [-0.1, -0.05) is 19.9 Å². The van der Waals surface area contributed by atoms with Crippen LogP contribution in [0.3, 0.4) is 0 Å². The molecule has 0 fully saturated rings. The van der Waals surface area contributed by atoms with E-state index in [-0.39, 0.29) is 6.61 Å². The van der Waals surface area contributed by atoms with Gasteiger partial charge in [0.15, 0.2) is 0 Å². The zero-order valence-corrected chi connectivity index (χ0v) is 11.9. The molecule has 1 heterocycles. The molecule has 0 aliphatic rings. The normalized spacial score (nSPS) is 13.3. The Kier molecular flexibility index (Phi) is 4.56. The van der Waals surface area contributed by atoms with Crippen LogP contribution in [0.1, 0.15) is 25.2 Å². The van der Waals surface area contributed by atoms with Crippen molar-refractivity contribution < 1.29 is 5.11 Å². The Morgan fingerprint density at radius 1 is 1.37 bits per heavy atom. The molecule has 0 aliphatic heterocycles. The van der Waals surface area contributed by atoms with Gasteiger partial charge in [-0.15, -0.1) is 0 Å². The summed E-state index contributed by atoms with van der Waals surface area (Å²) in [7, 11) is 0. The maximum atomic E-state index is 9.28. The fourth-order valence-corrected chi connectivity index (χ4v) is 2.21. The topological polar surface area (TPSA) is 60.9 Å². The molecule has 1 aromatic heterocycles. The minimum Gasteiger partial charge on any atom is -0.396 e. The molecule has 0 radical (unpaired) electrons. The molecule has 104 valence electrons. The Hall–Kier alpha value is -1.39. The standard InChI is InChI=1S/C15H23N3O/c1-10(2)13(9-19)8-16-7-12-4-5-14-15(6-12)18-11(3)17-14/h4-6,10,13,16,19H,7-9H2,1-3H3,(H,17,18). The van der Waals surface area contributed by atoms with Crippen LogP contribution in [0.5, 0.6) is 0 Å². The average Bonchev–Trinajstić information content (AvgIpc) is 2.73. The average molecular weight is 261 g/mol. The highest BCUT2D eigenvalue weighted by atomic mass is 16.3. The third-order valence-electron chi connectivity index (χ3n) is 3.58. The van der Waals surface area contributed by atoms with Gasteiger partial charge in [0, 0.05) is 19.7 Å². The first-order valence-electron chi connectivity index (χ1n) is 6.87. The van der Waals surface area contributed by atoms with E-state index in [4.69, 9.17) is 0 Å². The fraction of sp³-hybridized carbons (Fsp3) is 0.533. The second-order valence-corrected chi connectivity index (χ2v) is 5.49. The molecular formula is C15H23N3O. The second kappa shape index (κ2) is 6.17. The molecule has 1 unspecified atom stereocenters. The van der Waals surface area contributed by atoms with Gasteiger partial charge in [0.05, 0.1) is 11.0 Å². The molecule has 2 rings (SSSR count). The molecule has 3 N–H and O–H groups in total. The van der Waals surface area contributed by atoms with Crippen molar-refractivity contribution in [1.82, 2.24) is 15.3 Å². The van der Waals surface area contributed by atoms with Crippen LogP contribution in [0.25, 0.3) is 11.0 Å². The summed E-state index contributed by atoms with van der Waals surface area (Å²) in [6.07, 6.45) is 0. The highest BCUT2D eigenvalue weighted by Gasteiger charge is 2.11. The first-order chi connectivity index (χ1) is 9.10. The molecule has 4 nitrogen and oxygen atoms in total. The summed E-state index contributed by atoms with van der Waals surface area (Å²) >= 11 is 0. The maximum absolute atomic E-state index is 9.28.